The van der Waals surface area contributed by atoms with Crippen LogP contribution in [0.15, 0.2) is 48.8 Å². The van der Waals surface area contributed by atoms with Gasteiger partial charge in [0, 0.05) is 24.9 Å². The van der Waals surface area contributed by atoms with Crippen molar-refractivity contribution < 1.29 is 0 Å². The Labute approximate surface area is 111 Å². The number of rotatable bonds is 4. The number of H-pyrrole nitrogens is 1. The van der Waals surface area contributed by atoms with Crippen LogP contribution in [0.25, 0.3) is 11.0 Å². The molecule has 0 aliphatic carbocycles. The summed E-state index contributed by atoms with van der Waals surface area (Å²) < 4.78 is 0. The van der Waals surface area contributed by atoms with Crippen LogP contribution in [0.1, 0.15) is 17.3 Å². The molecule has 0 saturated heterocycles. The zero-order valence-corrected chi connectivity index (χ0v) is 10.6. The molecule has 0 saturated carbocycles. The van der Waals surface area contributed by atoms with Crippen LogP contribution in [0.2, 0.25) is 0 Å². The highest BCUT2D eigenvalue weighted by Gasteiger charge is 2.15. The number of hydrogen-bond acceptors (Lipinski definition) is 3. The summed E-state index contributed by atoms with van der Waals surface area (Å²) in [5.41, 5.74) is 9.12. The van der Waals surface area contributed by atoms with Crippen LogP contribution in [0, 0.1) is 0 Å². The predicted molar refractivity (Wildman–Crippen MR) is 75.8 cm³/mol. The molecule has 3 rings (SSSR count). The third kappa shape index (κ3) is 2.48. The number of fused-ring (bicyclic) bond motifs is 1. The lowest BCUT2D eigenvalue weighted by Crippen LogP contribution is -2.16. The summed E-state index contributed by atoms with van der Waals surface area (Å²) in [6, 6.07) is 12.0. The van der Waals surface area contributed by atoms with Crippen molar-refractivity contribution in [1.82, 2.24) is 15.0 Å². The Kier molecular flexibility index (Phi) is 3.25. The molecule has 2 aromatic heterocycles. The molecule has 0 spiro atoms. The normalized spacial score (nSPS) is 12.7. The number of nitrogens with one attached hydrogen (secondary N) is 1. The fraction of sp³-hybridized carbons (Fsp3) is 0.200. The lowest BCUT2D eigenvalue weighted by molar-refractivity contribution is 0.657. The molecular weight excluding hydrogens is 236 g/mol. The van der Waals surface area contributed by atoms with Crippen molar-refractivity contribution in [2.24, 2.45) is 5.73 Å². The maximum Gasteiger partial charge on any atom is 0.111 e. The molecule has 1 unspecified atom stereocenters. The van der Waals surface area contributed by atoms with Crippen molar-refractivity contribution in [3.63, 3.8) is 0 Å². The SMILES string of the molecule is NCC(Cc1cccnc1)c1nc2ccccc2[nH]1. The molecule has 19 heavy (non-hydrogen) atoms. The zero-order chi connectivity index (χ0) is 13.1. The summed E-state index contributed by atoms with van der Waals surface area (Å²) in [5.74, 6) is 1.14. The van der Waals surface area contributed by atoms with Gasteiger partial charge in [-0.05, 0) is 30.2 Å². The summed E-state index contributed by atoms with van der Waals surface area (Å²) in [5, 5.41) is 0. The van der Waals surface area contributed by atoms with Crippen molar-refractivity contribution in [1.29, 1.82) is 0 Å². The summed E-state index contributed by atoms with van der Waals surface area (Å²) >= 11 is 0. The minimum atomic E-state index is 0.191. The number of pyridine rings is 1. The number of hydrogen-bond donors (Lipinski definition) is 2. The molecular formula is C15H16N4. The van der Waals surface area contributed by atoms with E-state index in [2.05, 4.69) is 21.0 Å². The largest absolute Gasteiger partial charge is 0.342 e. The molecule has 0 aliphatic rings. The van der Waals surface area contributed by atoms with Crippen molar-refractivity contribution in [2.75, 3.05) is 6.54 Å². The van der Waals surface area contributed by atoms with Crippen LogP contribution in [0.3, 0.4) is 0 Å². The summed E-state index contributed by atoms with van der Waals surface area (Å²) in [4.78, 5) is 12.1. The highest BCUT2D eigenvalue weighted by Crippen LogP contribution is 2.20. The van der Waals surface area contributed by atoms with E-state index in [0.717, 1.165) is 23.3 Å². The van der Waals surface area contributed by atoms with E-state index < -0.39 is 0 Å². The first-order valence-electron chi connectivity index (χ1n) is 6.40. The van der Waals surface area contributed by atoms with Crippen LogP contribution in [0.4, 0.5) is 0 Å². The van der Waals surface area contributed by atoms with E-state index in [-0.39, 0.29) is 5.92 Å². The average molecular weight is 252 g/mol. The van der Waals surface area contributed by atoms with Gasteiger partial charge in [0.15, 0.2) is 0 Å². The van der Waals surface area contributed by atoms with E-state index >= 15 is 0 Å². The van der Waals surface area contributed by atoms with Crippen molar-refractivity contribution in [3.05, 3.63) is 60.2 Å². The number of para-hydroxylation sites is 2. The van der Waals surface area contributed by atoms with Gasteiger partial charge in [0.1, 0.15) is 5.82 Å². The standard InChI is InChI=1S/C15H16N4/c16-9-12(8-11-4-3-7-17-10-11)15-18-13-5-1-2-6-14(13)19-15/h1-7,10,12H,8-9,16H2,(H,18,19). The molecule has 4 nitrogen and oxygen atoms in total. The first-order valence-corrected chi connectivity index (χ1v) is 6.40. The molecule has 0 amide bonds. The maximum absolute atomic E-state index is 5.89. The fourth-order valence-corrected chi connectivity index (χ4v) is 2.26. The second-order valence-electron chi connectivity index (χ2n) is 4.64. The number of benzene rings is 1. The number of nitrogens with zero attached hydrogens (tertiary/aromatic N) is 2. The van der Waals surface area contributed by atoms with Crippen LogP contribution in [-0.4, -0.2) is 21.5 Å². The van der Waals surface area contributed by atoms with E-state index in [1.54, 1.807) is 6.20 Å². The minimum absolute atomic E-state index is 0.191. The molecule has 3 N–H and O–H groups in total. The first-order chi connectivity index (χ1) is 9.36. The van der Waals surface area contributed by atoms with E-state index in [1.807, 2.05) is 36.5 Å². The van der Waals surface area contributed by atoms with Gasteiger partial charge in [-0.25, -0.2) is 4.98 Å². The third-order valence-electron chi connectivity index (χ3n) is 3.28. The Morgan fingerprint density at radius 3 is 2.79 bits per heavy atom. The van der Waals surface area contributed by atoms with Crippen molar-refractivity contribution in [2.45, 2.75) is 12.3 Å². The van der Waals surface area contributed by atoms with E-state index in [1.165, 1.54) is 5.56 Å². The first kappa shape index (κ1) is 11.9. The number of imidazole rings is 1. The van der Waals surface area contributed by atoms with E-state index in [4.69, 9.17) is 5.73 Å². The van der Waals surface area contributed by atoms with Crippen LogP contribution in [-0.2, 0) is 6.42 Å². The molecule has 3 aromatic rings. The van der Waals surface area contributed by atoms with Gasteiger partial charge in [0.05, 0.1) is 11.0 Å². The van der Waals surface area contributed by atoms with Crippen molar-refractivity contribution in [3.8, 4) is 0 Å². The second kappa shape index (κ2) is 5.20. The quantitative estimate of drug-likeness (QED) is 0.748. The number of aromatic amines is 1. The molecule has 1 atom stereocenters. The van der Waals surface area contributed by atoms with Gasteiger partial charge in [-0.1, -0.05) is 18.2 Å². The fourth-order valence-electron chi connectivity index (χ4n) is 2.26. The lowest BCUT2D eigenvalue weighted by Gasteiger charge is -2.11. The monoisotopic (exact) mass is 252 g/mol. The highest BCUT2D eigenvalue weighted by atomic mass is 14.9. The van der Waals surface area contributed by atoms with Gasteiger partial charge in [-0.2, -0.15) is 0 Å². The third-order valence-corrected chi connectivity index (χ3v) is 3.28. The smallest absolute Gasteiger partial charge is 0.111 e. The predicted octanol–water partition coefficient (Wildman–Crippen LogP) is 2.24. The van der Waals surface area contributed by atoms with Gasteiger partial charge < -0.3 is 10.7 Å². The summed E-state index contributed by atoms with van der Waals surface area (Å²) in [6.45, 7) is 0.564. The Balaban J connectivity index is 1.89. The van der Waals surface area contributed by atoms with Gasteiger partial charge in [0.25, 0.3) is 0 Å². The molecule has 2 heterocycles. The molecule has 0 aliphatic heterocycles. The van der Waals surface area contributed by atoms with Gasteiger partial charge in [-0.3, -0.25) is 4.98 Å². The molecule has 1 aromatic carbocycles. The Morgan fingerprint density at radius 2 is 2.05 bits per heavy atom. The zero-order valence-electron chi connectivity index (χ0n) is 10.6. The van der Waals surface area contributed by atoms with Crippen LogP contribution < -0.4 is 5.73 Å². The Morgan fingerprint density at radius 1 is 1.16 bits per heavy atom. The maximum atomic E-state index is 5.89. The topological polar surface area (TPSA) is 67.6 Å². The van der Waals surface area contributed by atoms with E-state index in [0.29, 0.717) is 6.54 Å². The van der Waals surface area contributed by atoms with E-state index in [9.17, 15) is 0 Å². The molecule has 0 fully saturated rings. The van der Waals surface area contributed by atoms with Crippen LogP contribution in [0.5, 0.6) is 0 Å². The van der Waals surface area contributed by atoms with Crippen molar-refractivity contribution >= 4 is 11.0 Å². The minimum Gasteiger partial charge on any atom is -0.342 e. The van der Waals surface area contributed by atoms with Crippen LogP contribution >= 0.6 is 0 Å². The summed E-state index contributed by atoms with van der Waals surface area (Å²) in [7, 11) is 0. The van der Waals surface area contributed by atoms with Gasteiger partial charge in [-0.15, -0.1) is 0 Å². The molecule has 0 bridgehead atoms. The molecule has 0 radical (unpaired) electrons. The lowest BCUT2D eigenvalue weighted by atomic mass is 10.0. The average Bonchev–Trinajstić information content (AvgIpc) is 2.89. The highest BCUT2D eigenvalue weighted by molar-refractivity contribution is 5.74. The van der Waals surface area contributed by atoms with Gasteiger partial charge >= 0.3 is 0 Å². The second-order valence-corrected chi connectivity index (χ2v) is 4.64. The number of nitrogens with two attached hydrogens (primary N) is 1. The number of aromatic nitrogens is 3. The Hall–Kier alpha value is -2.20. The molecule has 4 heteroatoms. The Bertz CT molecular complexity index is 627. The molecule has 96 valence electrons. The van der Waals surface area contributed by atoms with Gasteiger partial charge in [0.2, 0.25) is 0 Å². The summed E-state index contributed by atoms with van der Waals surface area (Å²) in [6.07, 6.45) is 4.51.